The summed E-state index contributed by atoms with van der Waals surface area (Å²) in [6.07, 6.45) is 0. The third-order valence-corrected chi connectivity index (χ3v) is 4.27. The van der Waals surface area contributed by atoms with Crippen molar-refractivity contribution < 1.29 is 23.8 Å². The first kappa shape index (κ1) is 19.2. The van der Waals surface area contributed by atoms with E-state index in [-0.39, 0.29) is 12.4 Å². The third kappa shape index (κ3) is 4.38. The molecule has 3 rings (SSSR count). The fourth-order valence-corrected chi connectivity index (χ4v) is 2.74. The van der Waals surface area contributed by atoms with Gasteiger partial charge in [-0.25, -0.2) is 4.79 Å². The molecule has 5 nitrogen and oxygen atoms in total. The second-order valence-electron chi connectivity index (χ2n) is 6.01. The second-order valence-corrected chi connectivity index (χ2v) is 6.01. The molecular weight excluding hydrogens is 356 g/mol. The van der Waals surface area contributed by atoms with Gasteiger partial charge < -0.3 is 14.2 Å². The highest BCUT2D eigenvalue weighted by atomic mass is 16.5. The van der Waals surface area contributed by atoms with Gasteiger partial charge in [-0.3, -0.25) is 4.79 Å². The number of methoxy groups -OCH3 is 2. The highest BCUT2D eigenvalue weighted by Gasteiger charge is 2.14. The van der Waals surface area contributed by atoms with Crippen LogP contribution in [0.15, 0.2) is 72.8 Å². The zero-order chi connectivity index (χ0) is 19.9. The number of benzene rings is 3. The predicted molar refractivity (Wildman–Crippen MR) is 106 cm³/mol. The Hall–Kier alpha value is -3.60. The van der Waals surface area contributed by atoms with Gasteiger partial charge in [-0.15, -0.1) is 0 Å². The van der Waals surface area contributed by atoms with E-state index in [1.54, 1.807) is 30.3 Å². The second kappa shape index (κ2) is 8.86. The Balaban J connectivity index is 1.63. The summed E-state index contributed by atoms with van der Waals surface area (Å²) in [4.78, 5) is 24.5. The normalized spacial score (nSPS) is 10.2. The smallest absolute Gasteiger partial charge is 0.338 e. The number of rotatable bonds is 7. The lowest BCUT2D eigenvalue weighted by Crippen LogP contribution is -2.14. The van der Waals surface area contributed by atoms with E-state index >= 15 is 0 Å². The van der Waals surface area contributed by atoms with Crippen molar-refractivity contribution >= 4 is 11.8 Å². The summed E-state index contributed by atoms with van der Waals surface area (Å²) in [7, 11) is 3.01. The summed E-state index contributed by atoms with van der Waals surface area (Å²) in [6, 6.07) is 21.7. The first-order chi connectivity index (χ1) is 13.6. The number of esters is 1. The molecule has 142 valence electrons. The average Bonchev–Trinajstić information content (AvgIpc) is 2.77. The monoisotopic (exact) mass is 376 g/mol. The molecule has 0 aliphatic rings. The van der Waals surface area contributed by atoms with E-state index in [9.17, 15) is 9.59 Å². The molecule has 0 fully saturated rings. The van der Waals surface area contributed by atoms with Crippen LogP contribution < -0.4 is 9.47 Å². The largest absolute Gasteiger partial charge is 0.493 e. The Bertz CT molecular complexity index is 962. The Morgan fingerprint density at radius 1 is 0.714 bits per heavy atom. The van der Waals surface area contributed by atoms with Gasteiger partial charge in [0.15, 0.2) is 23.9 Å². The Labute approximate surface area is 163 Å². The molecule has 28 heavy (non-hydrogen) atoms. The Kier molecular flexibility index (Phi) is 6.07. The topological polar surface area (TPSA) is 61.8 Å². The number of hydrogen-bond donors (Lipinski definition) is 0. The molecule has 5 heteroatoms. The van der Waals surface area contributed by atoms with Crippen molar-refractivity contribution in [3.63, 3.8) is 0 Å². The van der Waals surface area contributed by atoms with Gasteiger partial charge in [0.1, 0.15) is 0 Å². The first-order valence-corrected chi connectivity index (χ1v) is 8.70. The molecule has 0 saturated carbocycles. The van der Waals surface area contributed by atoms with Gasteiger partial charge in [0.2, 0.25) is 0 Å². The third-order valence-electron chi connectivity index (χ3n) is 4.27. The van der Waals surface area contributed by atoms with Crippen molar-refractivity contribution in [1.29, 1.82) is 0 Å². The van der Waals surface area contributed by atoms with Crippen LogP contribution in [0.2, 0.25) is 0 Å². The molecule has 0 bridgehead atoms. The van der Waals surface area contributed by atoms with Crippen LogP contribution in [0.3, 0.4) is 0 Å². The molecule has 0 unspecified atom stereocenters. The first-order valence-electron chi connectivity index (χ1n) is 8.70. The number of carbonyl (C=O) groups excluding carboxylic acids is 2. The van der Waals surface area contributed by atoms with E-state index in [0.717, 1.165) is 11.1 Å². The van der Waals surface area contributed by atoms with E-state index in [0.29, 0.717) is 22.6 Å². The Morgan fingerprint density at radius 2 is 1.32 bits per heavy atom. The number of ether oxygens (including phenoxy) is 3. The van der Waals surface area contributed by atoms with E-state index in [1.807, 2.05) is 42.5 Å². The van der Waals surface area contributed by atoms with Crippen LogP contribution in [0.25, 0.3) is 11.1 Å². The fourth-order valence-electron chi connectivity index (χ4n) is 2.74. The molecule has 0 heterocycles. The van der Waals surface area contributed by atoms with Crippen LogP contribution in [0.5, 0.6) is 11.5 Å². The summed E-state index contributed by atoms with van der Waals surface area (Å²) in [5, 5.41) is 0. The lowest BCUT2D eigenvalue weighted by molar-refractivity contribution is 0.0474. The van der Waals surface area contributed by atoms with E-state index in [2.05, 4.69) is 0 Å². The van der Waals surface area contributed by atoms with Gasteiger partial charge in [-0.05, 0) is 41.5 Å². The maximum absolute atomic E-state index is 12.3. The summed E-state index contributed by atoms with van der Waals surface area (Å²) in [6.45, 7) is -0.352. The van der Waals surface area contributed by atoms with E-state index in [1.165, 1.54) is 14.2 Å². The summed E-state index contributed by atoms with van der Waals surface area (Å²) in [5.41, 5.74) is 2.83. The zero-order valence-electron chi connectivity index (χ0n) is 15.7. The number of hydrogen-bond acceptors (Lipinski definition) is 5. The van der Waals surface area contributed by atoms with Crippen molar-refractivity contribution in [2.24, 2.45) is 0 Å². The minimum absolute atomic E-state index is 0.324. The average molecular weight is 376 g/mol. The van der Waals surface area contributed by atoms with E-state index in [4.69, 9.17) is 14.2 Å². The van der Waals surface area contributed by atoms with Crippen molar-refractivity contribution in [1.82, 2.24) is 0 Å². The van der Waals surface area contributed by atoms with Gasteiger partial charge in [0, 0.05) is 5.56 Å². The molecule has 3 aromatic rings. The zero-order valence-corrected chi connectivity index (χ0v) is 15.7. The molecule has 0 spiro atoms. The van der Waals surface area contributed by atoms with Gasteiger partial charge in [-0.2, -0.15) is 0 Å². The maximum Gasteiger partial charge on any atom is 0.338 e. The predicted octanol–water partition coefficient (Wildman–Crippen LogP) is 4.41. The Morgan fingerprint density at radius 3 is 1.96 bits per heavy atom. The number of ketones is 1. The summed E-state index contributed by atoms with van der Waals surface area (Å²) < 4.78 is 15.5. The van der Waals surface area contributed by atoms with Crippen molar-refractivity contribution in [3.8, 4) is 22.6 Å². The fraction of sp³-hybridized carbons (Fsp3) is 0.130. The minimum Gasteiger partial charge on any atom is -0.493 e. The standard InChI is InChI=1S/C23H20O5/c1-26-21-13-12-19(14-22(21)27-2)20(24)15-28-23(25)18-10-8-17(9-11-18)16-6-4-3-5-7-16/h3-14H,15H2,1-2H3. The van der Waals surface area contributed by atoms with Crippen LogP contribution in [0.1, 0.15) is 20.7 Å². The number of carbonyl (C=O) groups is 2. The van der Waals surface area contributed by atoms with Gasteiger partial charge >= 0.3 is 5.97 Å². The van der Waals surface area contributed by atoms with Crippen LogP contribution in [-0.4, -0.2) is 32.6 Å². The summed E-state index contributed by atoms with van der Waals surface area (Å²) in [5.74, 6) is 0.0920. The molecule has 0 N–H and O–H groups in total. The van der Waals surface area contributed by atoms with Gasteiger partial charge in [0.05, 0.1) is 19.8 Å². The highest BCUT2D eigenvalue weighted by Crippen LogP contribution is 2.27. The highest BCUT2D eigenvalue weighted by molar-refractivity contribution is 5.99. The molecule has 0 radical (unpaired) electrons. The molecule has 0 aromatic heterocycles. The van der Waals surface area contributed by atoms with Crippen LogP contribution in [0.4, 0.5) is 0 Å². The molecular formula is C23H20O5. The number of Topliss-reactive ketones (excluding diaryl/α,β-unsaturated/α-hetero) is 1. The van der Waals surface area contributed by atoms with E-state index < -0.39 is 5.97 Å². The SMILES string of the molecule is COc1ccc(C(=O)COC(=O)c2ccc(-c3ccccc3)cc2)cc1OC. The lowest BCUT2D eigenvalue weighted by Gasteiger charge is -2.09. The van der Waals surface area contributed by atoms with Gasteiger partial charge in [0.25, 0.3) is 0 Å². The van der Waals surface area contributed by atoms with Crippen molar-refractivity contribution in [3.05, 3.63) is 83.9 Å². The molecule has 0 aliphatic carbocycles. The van der Waals surface area contributed by atoms with Crippen LogP contribution in [-0.2, 0) is 4.74 Å². The van der Waals surface area contributed by atoms with Crippen LogP contribution >= 0.6 is 0 Å². The maximum atomic E-state index is 12.3. The molecule has 0 atom stereocenters. The van der Waals surface area contributed by atoms with Crippen molar-refractivity contribution in [2.45, 2.75) is 0 Å². The minimum atomic E-state index is -0.548. The summed E-state index contributed by atoms with van der Waals surface area (Å²) >= 11 is 0. The molecule has 0 saturated heterocycles. The molecule has 3 aromatic carbocycles. The molecule has 0 aliphatic heterocycles. The van der Waals surface area contributed by atoms with Crippen molar-refractivity contribution in [2.75, 3.05) is 20.8 Å². The lowest BCUT2D eigenvalue weighted by atomic mass is 10.0. The molecule has 0 amide bonds. The quantitative estimate of drug-likeness (QED) is 0.451. The van der Waals surface area contributed by atoms with Gasteiger partial charge in [-0.1, -0.05) is 42.5 Å². The van der Waals surface area contributed by atoms with Crippen LogP contribution in [0, 0.1) is 0 Å².